The number of ether oxygens (including phenoxy) is 2. The minimum Gasteiger partial charge on any atom is -0.507 e. The number of phenols is 1. The molecule has 0 atom stereocenters. The van der Waals surface area contributed by atoms with Crippen molar-refractivity contribution < 1.29 is 19.4 Å². The van der Waals surface area contributed by atoms with Crippen LogP contribution in [0.5, 0.6) is 11.5 Å². The monoisotopic (exact) mass is 210 g/mol. The van der Waals surface area contributed by atoms with E-state index in [1.165, 1.54) is 19.1 Å². The molecule has 4 nitrogen and oxygen atoms in total. The molecule has 1 aromatic carbocycles. The van der Waals surface area contributed by atoms with Crippen LogP contribution < -0.4 is 4.74 Å². The smallest absolute Gasteiger partial charge is 0.189 e. The van der Waals surface area contributed by atoms with Gasteiger partial charge in [0.05, 0.1) is 5.56 Å². The number of hydrogen-bond acceptors (Lipinski definition) is 4. The second kappa shape index (κ2) is 5.36. The Morgan fingerprint density at radius 2 is 2.20 bits per heavy atom. The van der Waals surface area contributed by atoms with Crippen LogP contribution in [0.4, 0.5) is 0 Å². The second-order valence-corrected chi connectivity index (χ2v) is 2.99. The lowest BCUT2D eigenvalue weighted by Gasteiger charge is -2.07. The van der Waals surface area contributed by atoms with Gasteiger partial charge in [0.25, 0.3) is 0 Å². The van der Waals surface area contributed by atoms with Crippen LogP contribution in [-0.2, 0) is 4.74 Å². The average molecular weight is 210 g/mol. The van der Waals surface area contributed by atoms with E-state index in [4.69, 9.17) is 9.47 Å². The summed E-state index contributed by atoms with van der Waals surface area (Å²) >= 11 is 0. The molecule has 0 aliphatic rings. The van der Waals surface area contributed by atoms with E-state index in [-0.39, 0.29) is 18.3 Å². The van der Waals surface area contributed by atoms with Crippen LogP contribution >= 0.6 is 0 Å². The molecule has 1 rings (SSSR count). The molecule has 0 spiro atoms. The first-order chi connectivity index (χ1) is 7.15. The molecule has 0 aliphatic heterocycles. The fraction of sp³-hybridized carbons (Fsp3) is 0.364. The third-order valence-corrected chi connectivity index (χ3v) is 1.86. The molecule has 0 fully saturated rings. The third kappa shape index (κ3) is 3.25. The van der Waals surface area contributed by atoms with Gasteiger partial charge >= 0.3 is 0 Å². The number of benzene rings is 1. The Morgan fingerprint density at radius 3 is 2.73 bits per heavy atom. The van der Waals surface area contributed by atoms with E-state index in [1.807, 2.05) is 6.92 Å². The van der Waals surface area contributed by atoms with Crippen molar-refractivity contribution in [1.82, 2.24) is 0 Å². The highest BCUT2D eigenvalue weighted by Crippen LogP contribution is 2.23. The first-order valence-corrected chi connectivity index (χ1v) is 4.69. The number of carbonyl (C=O) groups is 1. The van der Waals surface area contributed by atoms with Gasteiger partial charge in [0.15, 0.2) is 12.6 Å². The van der Waals surface area contributed by atoms with Crippen LogP contribution in [0.3, 0.4) is 0 Å². The maximum Gasteiger partial charge on any atom is 0.189 e. The topological polar surface area (TPSA) is 55.8 Å². The minimum absolute atomic E-state index is 0.0727. The van der Waals surface area contributed by atoms with Crippen molar-refractivity contribution in [2.75, 3.05) is 13.4 Å². The van der Waals surface area contributed by atoms with Gasteiger partial charge in [-0.2, -0.15) is 0 Å². The van der Waals surface area contributed by atoms with Gasteiger partial charge in [-0.1, -0.05) is 0 Å². The Labute approximate surface area is 88.4 Å². The maximum atomic E-state index is 11.0. The molecule has 82 valence electrons. The van der Waals surface area contributed by atoms with Crippen molar-refractivity contribution in [3.63, 3.8) is 0 Å². The number of ketones is 1. The molecule has 0 saturated carbocycles. The summed E-state index contributed by atoms with van der Waals surface area (Å²) in [7, 11) is 0. The largest absolute Gasteiger partial charge is 0.507 e. The number of hydrogen-bond donors (Lipinski definition) is 1. The van der Waals surface area contributed by atoms with Crippen molar-refractivity contribution in [3.05, 3.63) is 23.8 Å². The van der Waals surface area contributed by atoms with E-state index in [0.717, 1.165) is 0 Å². The summed E-state index contributed by atoms with van der Waals surface area (Å²) < 4.78 is 10.2. The maximum absolute atomic E-state index is 11.0. The van der Waals surface area contributed by atoms with Gasteiger partial charge in [-0.25, -0.2) is 0 Å². The zero-order chi connectivity index (χ0) is 11.3. The molecule has 1 N–H and O–H groups in total. The second-order valence-electron chi connectivity index (χ2n) is 2.99. The standard InChI is InChI=1S/C11H14O4/c1-3-14-7-15-9-4-5-10(8(2)12)11(13)6-9/h4-6,13H,3,7H2,1-2H3. The number of carbonyl (C=O) groups excluding carboxylic acids is 1. The SMILES string of the molecule is CCOCOc1ccc(C(C)=O)c(O)c1. The molecular formula is C11H14O4. The van der Waals surface area contributed by atoms with Crippen molar-refractivity contribution in [2.45, 2.75) is 13.8 Å². The first-order valence-electron chi connectivity index (χ1n) is 4.69. The molecule has 0 aliphatic carbocycles. The Bertz CT molecular complexity index is 346. The van der Waals surface area contributed by atoms with Gasteiger partial charge in [-0.15, -0.1) is 0 Å². The predicted molar refractivity (Wildman–Crippen MR) is 55.2 cm³/mol. The van der Waals surface area contributed by atoms with Crippen molar-refractivity contribution in [3.8, 4) is 11.5 Å². The average Bonchev–Trinajstić information content (AvgIpc) is 2.17. The Morgan fingerprint density at radius 1 is 1.47 bits per heavy atom. The Balaban J connectivity index is 2.69. The number of aromatic hydroxyl groups is 1. The van der Waals surface area contributed by atoms with Crippen LogP contribution in [0.2, 0.25) is 0 Å². The molecule has 15 heavy (non-hydrogen) atoms. The highest BCUT2D eigenvalue weighted by atomic mass is 16.7. The van der Waals surface area contributed by atoms with E-state index in [9.17, 15) is 9.90 Å². The summed E-state index contributed by atoms with van der Waals surface area (Å²) in [5, 5.41) is 9.48. The summed E-state index contributed by atoms with van der Waals surface area (Å²) in [6.07, 6.45) is 0. The van der Waals surface area contributed by atoms with Crippen LogP contribution in [0, 0.1) is 0 Å². The summed E-state index contributed by atoms with van der Waals surface area (Å²) in [4.78, 5) is 11.0. The normalized spacial score (nSPS) is 10.0. The van der Waals surface area contributed by atoms with Gasteiger partial charge in [0, 0.05) is 12.7 Å². The number of phenolic OH excluding ortho intramolecular Hbond substituents is 1. The fourth-order valence-electron chi connectivity index (χ4n) is 1.09. The molecule has 4 heteroatoms. The molecule has 0 saturated heterocycles. The molecule has 0 unspecified atom stereocenters. The van der Waals surface area contributed by atoms with E-state index in [2.05, 4.69) is 0 Å². The molecule has 0 radical (unpaired) electrons. The zero-order valence-electron chi connectivity index (χ0n) is 8.82. The lowest BCUT2D eigenvalue weighted by molar-refractivity contribution is 0.0223. The lowest BCUT2D eigenvalue weighted by atomic mass is 10.1. The highest BCUT2D eigenvalue weighted by Gasteiger charge is 2.07. The van der Waals surface area contributed by atoms with E-state index >= 15 is 0 Å². The van der Waals surface area contributed by atoms with Crippen LogP contribution in [-0.4, -0.2) is 24.3 Å². The summed E-state index contributed by atoms with van der Waals surface area (Å²) in [6, 6.07) is 4.55. The van der Waals surface area contributed by atoms with Crippen LogP contribution in [0.1, 0.15) is 24.2 Å². The zero-order valence-corrected chi connectivity index (χ0v) is 8.82. The van der Waals surface area contributed by atoms with Crippen molar-refractivity contribution in [2.24, 2.45) is 0 Å². The van der Waals surface area contributed by atoms with E-state index < -0.39 is 0 Å². The lowest BCUT2D eigenvalue weighted by Crippen LogP contribution is -2.02. The third-order valence-electron chi connectivity index (χ3n) is 1.86. The van der Waals surface area contributed by atoms with Crippen LogP contribution in [0.25, 0.3) is 0 Å². The number of Topliss-reactive ketones (excluding diaryl/α,β-unsaturated/α-hetero) is 1. The molecule has 1 aromatic rings. The van der Waals surface area contributed by atoms with Crippen molar-refractivity contribution in [1.29, 1.82) is 0 Å². The van der Waals surface area contributed by atoms with Gasteiger partial charge < -0.3 is 14.6 Å². The summed E-state index contributed by atoms with van der Waals surface area (Å²) in [6.45, 7) is 3.96. The Hall–Kier alpha value is -1.55. The summed E-state index contributed by atoms with van der Waals surface area (Å²) in [5.41, 5.74) is 0.291. The quantitative estimate of drug-likeness (QED) is 0.458. The Kier molecular flexibility index (Phi) is 4.12. The van der Waals surface area contributed by atoms with Gasteiger partial charge in [-0.05, 0) is 26.0 Å². The van der Waals surface area contributed by atoms with Gasteiger partial charge in [-0.3, -0.25) is 4.79 Å². The summed E-state index contributed by atoms with van der Waals surface area (Å²) in [5.74, 6) is 0.228. The molecular weight excluding hydrogens is 196 g/mol. The molecule has 0 aromatic heterocycles. The van der Waals surface area contributed by atoms with Gasteiger partial charge in [0.2, 0.25) is 0 Å². The van der Waals surface area contributed by atoms with Crippen LogP contribution in [0.15, 0.2) is 18.2 Å². The highest BCUT2D eigenvalue weighted by molar-refractivity contribution is 5.96. The minimum atomic E-state index is -0.177. The van der Waals surface area contributed by atoms with E-state index in [1.54, 1.807) is 6.07 Å². The molecule has 0 heterocycles. The van der Waals surface area contributed by atoms with E-state index in [0.29, 0.717) is 17.9 Å². The van der Waals surface area contributed by atoms with Gasteiger partial charge in [0.1, 0.15) is 11.5 Å². The molecule has 0 bridgehead atoms. The fourth-order valence-corrected chi connectivity index (χ4v) is 1.09. The predicted octanol–water partition coefficient (Wildman–Crippen LogP) is 1.97. The number of rotatable bonds is 5. The first kappa shape index (κ1) is 11.5. The van der Waals surface area contributed by atoms with Crippen molar-refractivity contribution >= 4 is 5.78 Å². The molecule has 0 amide bonds.